The average molecular weight is 502 g/mol. The standard InChI is InChI=1S/C19H34O15/c1-2-18(15(28)11(24)8(4-21)32-18)30-5-9-12(25)16(29)19(6-22,33-9)34-17-14(27)13(26)10(23)7(3-20)31-17/h7-17,20-29H,2-6H2,1H3/t7?,8-,9-,10-,11+,12?,13+,14?,15?,16-,17-,18-,19+/m1/s1. The van der Waals surface area contributed by atoms with E-state index in [0.29, 0.717) is 0 Å². The molecule has 0 aromatic heterocycles. The Balaban J connectivity index is 1.72. The summed E-state index contributed by atoms with van der Waals surface area (Å²) in [7, 11) is 0. The lowest BCUT2D eigenvalue weighted by Crippen LogP contribution is -2.62. The lowest BCUT2D eigenvalue weighted by molar-refractivity contribution is -0.385. The highest BCUT2D eigenvalue weighted by Gasteiger charge is 2.60. The Morgan fingerprint density at radius 2 is 1.24 bits per heavy atom. The van der Waals surface area contributed by atoms with Gasteiger partial charge >= 0.3 is 0 Å². The smallest absolute Gasteiger partial charge is 0.224 e. The lowest BCUT2D eigenvalue weighted by atomic mass is 9.99. The fourth-order valence-corrected chi connectivity index (χ4v) is 4.36. The van der Waals surface area contributed by atoms with Crippen molar-refractivity contribution in [3.8, 4) is 0 Å². The van der Waals surface area contributed by atoms with Crippen LogP contribution in [0.3, 0.4) is 0 Å². The van der Waals surface area contributed by atoms with Crippen LogP contribution in [0.15, 0.2) is 0 Å². The van der Waals surface area contributed by atoms with Crippen LogP contribution >= 0.6 is 0 Å². The minimum atomic E-state index is -2.37. The van der Waals surface area contributed by atoms with Gasteiger partial charge in [0.05, 0.1) is 19.8 Å². The normalized spacial score (nSPS) is 51.8. The summed E-state index contributed by atoms with van der Waals surface area (Å²) in [5.74, 6) is -4.13. The van der Waals surface area contributed by atoms with Gasteiger partial charge in [0.15, 0.2) is 12.1 Å². The molecule has 0 amide bonds. The van der Waals surface area contributed by atoms with Crippen LogP contribution in [0.1, 0.15) is 13.3 Å². The molecule has 0 aromatic carbocycles. The molecule has 4 unspecified atom stereocenters. The van der Waals surface area contributed by atoms with Crippen molar-refractivity contribution in [3.63, 3.8) is 0 Å². The first-order valence-electron chi connectivity index (χ1n) is 10.9. The van der Waals surface area contributed by atoms with Crippen LogP contribution in [-0.2, 0) is 23.7 Å². The van der Waals surface area contributed by atoms with Gasteiger partial charge in [0.25, 0.3) is 0 Å². The van der Waals surface area contributed by atoms with E-state index in [4.69, 9.17) is 23.7 Å². The van der Waals surface area contributed by atoms with Crippen molar-refractivity contribution in [3.05, 3.63) is 0 Å². The Morgan fingerprint density at radius 3 is 1.76 bits per heavy atom. The van der Waals surface area contributed by atoms with Gasteiger partial charge in [0.2, 0.25) is 5.79 Å². The summed E-state index contributed by atoms with van der Waals surface area (Å²) in [6.45, 7) is -1.35. The molecule has 0 spiro atoms. The summed E-state index contributed by atoms with van der Waals surface area (Å²) >= 11 is 0. The molecule has 15 nitrogen and oxygen atoms in total. The quantitative estimate of drug-likeness (QED) is 0.141. The van der Waals surface area contributed by atoms with Gasteiger partial charge in [-0.15, -0.1) is 0 Å². The predicted molar refractivity (Wildman–Crippen MR) is 105 cm³/mol. The van der Waals surface area contributed by atoms with Gasteiger partial charge in [-0.3, -0.25) is 0 Å². The third-order valence-electron chi connectivity index (χ3n) is 6.56. The highest BCUT2D eigenvalue weighted by Crippen LogP contribution is 2.39. The molecule has 3 fully saturated rings. The Bertz CT molecular complexity index is 668. The summed E-state index contributed by atoms with van der Waals surface area (Å²) in [5.41, 5.74) is 0. The summed E-state index contributed by atoms with van der Waals surface area (Å²) < 4.78 is 27.2. The molecule has 13 atom stereocenters. The van der Waals surface area contributed by atoms with Crippen LogP contribution < -0.4 is 0 Å². The highest BCUT2D eigenvalue weighted by molar-refractivity contribution is 5.00. The number of ether oxygens (including phenoxy) is 5. The van der Waals surface area contributed by atoms with Crippen molar-refractivity contribution in [2.75, 3.05) is 26.4 Å². The van der Waals surface area contributed by atoms with Crippen LogP contribution in [0.2, 0.25) is 0 Å². The molecule has 3 heterocycles. The first-order valence-corrected chi connectivity index (χ1v) is 10.9. The summed E-state index contributed by atoms with van der Waals surface area (Å²) in [4.78, 5) is 0. The van der Waals surface area contributed by atoms with Crippen molar-refractivity contribution < 1.29 is 74.7 Å². The third-order valence-corrected chi connectivity index (χ3v) is 6.56. The largest absolute Gasteiger partial charge is 0.394 e. The van der Waals surface area contributed by atoms with Gasteiger partial charge < -0.3 is 74.7 Å². The van der Waals surface area contributed by atoms with Gasteiger partial charge in [-0.25, -0.2) is 0 Å². The second kappa shape index (κ2) is 10.8. The van der Waals surface area contributed by atoms with Crippen molar-refractivity contribution in [1.82, 2.24) is 0 Å². The molecule has 3 aliphatic heterocycles. The maximum absolute atomic E-state index is 10.6. The summed E-state index contributed by atoms with van der Waals surface area (Å²) in [5, 5.41) is 100.0. The van der Waals surface area contributed by atoms with E-state index in [9.17, 15) is 51.1 Å². The second-order valence-electron chi connectivity index (χ2n) is 8.63. The molecule has 10 N–H and O–H groups in total. The van der Waals surface area contributed by atoms with Crippen LogP contribution in [0.5, 0.6) is 0 Å². The number of hydrogen-bond donors (Lipinski definition) is 10. The van der Waals surface area contributed by atoms with Crippen LogP contribution in [-0.4, -0.2) is 156 Å². The predicted octanol–water partition coefficient (Wildman–Crippen LogP) is -6.15. The van der Waals surface area contributed by atoms with Crippen LogP contribution in [0.25, 0.3) is 0 Å². The van der Waals surface area contributed by atoms with Crippen LogP contribution in [0, 0.1) is 0 Å². The molecule has 3 saturated heterocycles. The Labute approximate surface area is 194 Å². The van der Waals surface area contributed by atoms with E-state index in [2.05, 4.69) is 0 Å². The van der Waals surface area contributed by atoms with Crippen molar-refractivity contribution in [2.45, 2.75) is 92.2 Å². The Kier molecular flexibility index (Phi) is 8.88. The molecule has 3 rings (SSSR count). The van der Waals surface area contributed by atoms with E-state index >= 15 is 0 Å². The molecule has 200 valence electrons. The molecule has 0 radical (unpaired) electrons. The van der Waals surface area contributed by atoms with Gasteiger partial charge in [-0.2, -0.15) is 0 Å². The first-order chi connectivity index (χ1) is 16.0. The molecule has 0 aliphatic carbocycles. The minimum Gasteiger partial charge on any atom is -0.394 e. The number of aliphatic hydroxyl groups excluding tert-OH is 10. The van der Waals surface area contributed by atoms with Crippen molar-refractivity contribution in [1.29, 1.82) is 0 Å². The minimum absolute atomic E-state index is 0.0274. The SMILES string of the molecule is CC[C@@]1(OC[C@H]2O[C@@](CO)(O[C@H]3OC(CO)[C@@H](O)[C@H](O)C3O)[C@H](O)C2O)O[C@H](CO)[C@H](O)C1O. The Hall–Kier alpha value is -0.600. The molecule has 15 heteroatoms. The number of aliphatic hydroxyl groups is 10. The topological polar surface area (TPSA) is 248 Å². The Morgan fingerprint density at radius 1 is 0.676 bits per heavy atom. The highest BCUT2D eigenvalue weighted by atomic mass is 16.8. The first kappa shape index (κ1) is 28.0. The zero-order chi connectivity index (χ0) is 25.4. The van der Waals surface area contributed by atoms with Gasteiger partial charge in [0.1, 0.15) is 67.6 Å². The van der Waals surface area contributed by atoms with E-state index in [1.807, 2.05) is 0 Å². The van der Waals surface area contributed by atoms with Gasteiger partial charge in [-0.05, 0) is 0 Å². The van der Waals surface area contributed by atoms with E-state index in [-0.39, 0.29) is 6.42 Å². The molecule has 34 heavy (non-hydrogen) atoms. The maximum atomic E-state index is 10.6. The number of hydrogen-bond acceptors (Lipinski definition) is 15. The molecule has 3 aliphatic rings. The molecular weight excluding hydrogens is 468 g/mol. The molecule has 0 aromatic rings. The maximum Gasteiger partial charge on any atom is 0.224 e. The molecule has 0 saturated carbocycles. The third kappa shape index (κ3) is 4.72. The second-order valence-corrected chi connectivity index (χ2v) is 8.63. The zero-order valence-corrected chi connectivity index (χ0v) is 18.4. The van der Waals surface area contributed by atoms with Crippen molar-refractivity contribution >= 4 is 0 Å². The lowest BCUT2D eigenvalue weighted by Gasteiger charge is -2.43. The van der Waals surface area contributed by atoms with E-state index < -0.39 is 105 Å². The van der Waals surface area contributed by atoms with E-state index in [1.165, 1.54) is 0 Å². The van der Waals surface area contributed by atoms with E-state index in [0.717, 1.165) is 0 Å². The summed E-state index contributed by atoms with van der Waals surface area (Å²) in [6.07, 6.45) is -17.6. The zero-order valence-electron chi connectivity index (χ0n) is 18.4. The molecule has 0 bridgehead atoms. The molecular formula is C19H34O15. The fourth-order valence-electron chi connectivity index (χ4n) is 4.36. The fraction of sp³-hybridized carbons (Fsp3) is 1.00. The van der Waals surface area contributed by atoms with Crippen LogP contribution in [0.4, 0.5) is 0 Å². The van der Waals surface area contributed by atoms with Gasteiger partial charge in [-0.1, -0.05) is 6.92 Å². The number of rotatable bonds is 9. The van der Waals surface area contributed by atoms with Gasteiger partial charge in [0, 0.05) is 6.42 Å². The van der Waals surface area contributed by atoms with Crippen molar-refractivity contribution in [2.24, 2.45) is 0 Å². The average Bonchev–Trinajstić information content (AvgIpc) is 3.23. The monoisotopic (exact) mass is 502 g/mol. The summed E-state index contributed by atoms with van der Waals surface area (Å²) in [6, 6.07) is 0. The van der Waals surface area contributed by atoms with E-state index in [1.54, 1.807) is 6.92 Å².